The molecule has 4 rings (SSSR count). The Hall–Kier alpha value is -2.67. The molecule has 1 amide bonds. The summed E-state index contributed by atoms with van der Waals surface area (Å²) in [6, 6.07) is 9.59. The van der Waals surface area contributed by atoms with E-state index in [1.54, 1.807) is 15.6 Å². The van der Waals surface area contributed by atoms with Crippen molar-refractivity contribution in [2.45, 2.75) is 6.92 Å². The summed E-state index contributed by atoms with van der Waals surface area (Å²) < 4.78 is 1.59. The maximum absolute atomic E-state index is 12.7. The van der Waals surface area contributed by atoms with Crippen molar-refractivity contribution in [1.29, 1.82) is 0 Å². The van der Waals surface area contributed by atoms with Crippen molar-refractivity contribution in [2.24, 2.45) is 0 Å². The van der Waals surface area contributed by atoms with Gasteiger partial charge in [-0.3, -0.25) is 4.79 Å². The summed E-state index contributed by atoms with van der Waals surface area (Å²) in [5, 5.41) is 5.02. The van der Waals surface area contributed by atoms with Crippen LogP contribution in [0.3, 0.4) is 0 Å². The topological polar surface area (TPSA) is 66.6 Å². The highest BCUT2D eigenvalue weighted by Gasteiger charge is 2.26. The number of amides is 1. The Morgan fingerprint density at radius 1 is 1.12 bits per heavy atom. The van der Waals surface area contributed by atoms with Gasteiger partial charge in [-0.2, -0.15) is 4.98 Å². The predicted molar refractivity (Wildman–Crippen MR) is 95.1 cm³/mol. The van der Waals surface area contributed by atoms with E-state index in [4.69, 9.17) is 11.6 Å². The Morgan fingerprint density at radius 2 is 1.88 bits per heavy atom. The minimum atomic E-state index is -0.163. The van der Waals surface area contributed by atoms with Gasteiger partial charge in [0.2, 0.25) is 5.82 Å². The molecule has 1 aromatic carbocycles. The van der Waals surface area contributed by atoms with Gasteiger partial charge in [-0.05, 0) is 25.1 Å². The molecule has 3 heterocycles. The number of aryl methyl sites for hydroxylation is 1. The molecular weight excluding hydrogens is 340 g/mol. The number of piperazine rings is 1. The number of hydrogen-bond donors (Lipinski definition) is 0. The van der Waals surface area contributed by atoms with Crippen molar-refractivity contribution in [1.82, 2.24) is 24.5 Å². The molecule has 1 aliphatic rings. The molecule has 8 heteroatoms. The lowest BCUT2D eigenvalue weighted by Crippen LogP contribution is -2.49. The number of nitrogens with zero attached hydrogens (tertiary/aromatic N) is 6. The fourth-order valence-electron chi connectivity index (χ4n) is 3.00. The lowest BCUT2D eigenvalue weighted by Gasteiger charge is -2.36. The van der Waals surface area contributed by atoms with Crippen LogP contribution in [0.5, 0.6) is 0 Å². The van der Waals surface area contributed by atoms with E-state index in [0.29, 0.717) is 18.9 Å². The first-order valence-electron chi connectivity index (χ1n) is 8.10. The summed E-state index contributed by atoms with van der Waals surface area (Å²) in [5.41, 5.74) is 1.89. The van der Waals surface area contributed by atoms with Crippen molar-refractivity contribution >= 4 is 29.0 Å². The smallest absolute Gasteiger partial charge is 0.293 e. The van der Waals surface area contributed by atoms with Crippen LogP contribution in [0.1, 0.15) is 16.3 Å². The van der Waals surface area contributed by atoms with E-state index >= 15 is 0 Å². The fourth-order valence-corrected chi connectivity index (χ4v) is 3.25. The molecular formula is C17H17ClN6O. The summed E-state index contributed by atoms with van der Waals surface area (Å²) in [6.45, 7) is 4.55. The lowest BCUT2D eigenvalue weighted by molar-refractivity contribution is 0.0734. The van der Waals surface area contributed by atoms with Crippen molar-refractivity contribution in [2.75, 3.05) is 31.1 Å². The molecule has 7 nitrogen and oxygen atoms in total. The Balaban J connectivity index is 1.49. The van der Waals surface area contributed by atoms with E-state index in [2.05, 4.69) is 20.0 Å². The van der Waals surface area contributed by atoms with Crippen molar-refractivity contribution in [3.05, 3.63) is 53.1 Å². The third kappa shape index (κ3) is 2.91. The van der Waals surface area contributed by atoms with E-state index in [-0.39, 0.29) is 11.7 Å². The molecule has 25 heavy (non-hydrogen) atoms. The first-order valence-corrected chi connectivity index (χ1v) is 8.48. The number of benzene rings is 1. The average Bonchev–Trinajstić information content (AvgIpc) is 3.07. The molecule has 2 aromatic heterocycles. The van der Waals surface area contributed by atoms with Crippen LogP contribution in [0.2, 0.25) is 5.02 Å². The van der Waals surface area contributed by atoms with Crippen molar-refractivity contribution in [3.63, 3.8) is 0 Å². The lowest BCUT2D eigenvalue weighted by atomic mass is 10.2. The molecule has 128 valence electrons. The summed E-state index contributed by atoms with van der Waals surface area (Å²) in [5.74, 6) is 0.467. The first-order chi connectivity index (χ1) is 12.1. The van der Waals surface area contributed by atoms with Crippen LogP contribution in [-0.4, -0.2) is 56.6 Å². The number of halogens is 1. The first kappa shape index (κ1) is 15.8. The maximum Gasteiger partial charge on any atom is 0.293 e. The van der Waals surface area contributed by atoms with Gasteiger partial charge in [0.05, 0.1) is 10.7 Å². The number of anilines is 1. The van der Waals surface area contributed by atoms with Crippen LogP contribution in [-0.2, 0) is 0 Å². The van der Waals surface area contributed by atoms with Crippen LogP contribution in [0, 0.1) is 6.92 Å². The summed E-state index contributed by atoms with van der Waals surface area (Å²) >= 11 is 6.26. The van der Waals surface area contributed by atoms with E-state index in [1.165, 1.54) is 0 Å². The molecule has 0 spiro atoms. The van der Waals surface area contributed by atoms with Crippen LogP contribution in [0.25, 0.3) is 5.78 Å². The number of rotatable bonds is 2. The van der Waals surface area contributed by atoms with Gasteiger partial charge in [0.15, 0.2) is 0 Å². The highest BCUT2D eigenvalue weighted by molar-refractivity contribution is 6.33. The van der Waals surface area contributed by atoms with Gasteiger partial charge < -0.3 is 9.80 Å². The minimum absolute atomic E-state index is 0.163. The largest absolute Gasteiger partial charge is 0.367 e. The zero-order valence-corrected chi connectivity index (χ0v) is 14.5. The van der Waals surface area contributed by atoms with E-state index < -0.39 is 0 Å². The fraction of sp³-hybridized carbons (Fsp3) is 0.294. The van der Waals surface area contributed by atoms with Crippen LogP contribution in [0.15, 0.2) is 36.5 Å². The van der Waals surface area contributed by atoms with Crippen LogP contribution in [0.4, 0.5) is 5.69 Å². The Kier molecular flexibility index (Phi) is 4.01. The van der Waals surface area contributed by atoms with Crippen molar-refractivity contribution in [3.8, 4) is 0 Å². The number of para-hydroxylation sites is 1. The second-order valence-corrected chi connectivity index (χ2v) is 6.37. The molecule has 1 fully saturated rings. The molecule has 0 saturated carbocycles. The second-order valence-electron chi connectivity index (χ2n) is 5.96. The number of carbonyl (C=O) groups is 1. The average molecular weight is 357 g/mol. The molecule has 1 aliphatic heterocycles. The van der Waals surface area contributed by atoms with Gasteiger partial charge in [0, 0.05) is 38.1 Å². The zero-order valence-electron chi connectivity index (χ0n) is 13.8. The number of fused-ring (bicyclic) bond motifs is 1. The molecule has 3 aromatic rings. The van der Waals surface area contributed by atoms with Gasteiger partial charge in [-0.1, -0.05) is 23.7 Å². The van der Waals surface area contributed by atoms with Crippen LogP contribution < -0.4 is 4.90 Å². The molecule has 0 unspecified atom stereocenters. The maximum atomic E-state index is 12.7. The molecule has 0 aliphatic carbocycles. The van der Waals surface area contributed by atoms with Gasteiger partial charge >= 0.3 is 0 Å². The molecule has 1 saturated heterocycles. The normalized spacial score (nSPS) is 15.0. The molecule has 0 bridgehead atoms. The zero-order chi connectivity index (χ0) is 17.4. The summed E-state index contributed by atoms with van der Waals surface area (Å²) in [6.07, 6.45) is 1.66. The van der Waals surface area contributed by atoms with Gasteiger partial charge in [0.25, 0.3) is 11.7 Å². The van der Waals surface area contributed by atoms with E-state index in [1.807, 2.05) is 37.3 Å². The Morgan fingerprint density at radius 3 is 2.60 bits per heavy atom. The minimum Gasteiger partial charge on any atom is -0.367 e. The van der Waals surface area contributed by atoms with Crippen LogP contribution >= 0.6 is 11.6 Å². The van der Waals surface area contributed by atoms with Gasteiger partial charge in [-0.25, -0.2) is 9.50 Å². The van der Waals surface area contributed by atoms with Crippen molar-refractivity contribution < 1.29 is 4.79 Å². The SMILES string of the molecule is Cc1ccnc2nc(C(=O)N3CCN(c4ccccc4Cl)CC3)nn12. The highest BCUT2D eigenvalue weighted by Crippen LogP contribution is 2.26. The standard InChI is InChI=1S/C17H17ClN6O/c1-12-6-7-19-17-20-15(21-24(12)17)16(25)23-10-8-22(9-11-23)14-5-3-2-4-13(14)18/h2-7H,8-11H2,1H3. The quantitative estimate of drug-likeness (QED) is 0.703. The summed E-state index contributed by atoms with van der Waals surface area (Å²) in [7, 11) is 0. The van der Waals surface area contributed by atoms with E-state index in [0.717, 1.165) is 29.5 Å². The Bertz CT molecular complexity index is 932. The number of aromatic nitrogens is 4. The molecule has 0 radical (unpaired) electrons. The Labute approximate surface area is 149 Å². The monoisotopic (exact) mass is 356 g/mol. The molecule has 0 atom stereocenters. The predicted octanol–water partition coefficient (Wildman–Crippen LogP) is 2.05. The number of hydrogen-bond acceptors (Lipinski definition) is 5. The van der Waals surface area contributed by atoms with Gasteiger partial charge in [-0.15, -0.1) is 5.10 Å². The second kappa shape index (κ2) is 6.33. The third-order valence-electron chi connectivity index (χ3n) is 4.38. The van der Waals surface area contributed by atoms with Gasteiger partial charge in [0.1, 0.15) is 0 Å². The van der Waals surface area contributed by atoms with E-state index in [9.17, 15) is 4.79 Å². The highest BCUT2D eigenvalue weighted by atomic mass is 35.5. The molecule has 0 N–H and O–H groups in total. The number of carbonyl (C=O) groups excluding carboxylic acids is 1. The summed E-state index contributed by atoms with van der Waals surface area (Å²) in [4.78, 5) is 25.1. The third-order valence-corrected chi connectivity index (χ3v) is 4.70.